The normalized spacial score (nSPS) is 10.1. The quantitative estimate of drug-likeness (QED) is 0.619. The zero-order chi connectivity index (χ0) is 14.2. The van der Waals surface area contributed by atoms with E-state index in [0.717, 1.165) is 29.5 Å². The van der Waals surface area contributed by atoms with Crippen LogP contribution in [0, 0.1) is 0 Å². The van der Waals surface area contributed by atoms with Crippen molar-refractivity contribution in [3.05, 3.63) is 64.6 Å². The van der Waals surface area contributed by atoms with E-state index < -0.39 is 0 Å². The van der Waals surface area contributed by atoms with E-state index in [0.29, 0.717) is 5.11 Å². The average Bonchev–Trinajstić information content (AvgIpc) is 2.45. The molecule has 0 aromatic heterocycles. The van der Waals surface area contributed by atoms with Crippen molar-refractivity contribution in [1.82, 2.24) is 5.32 Å². The summed E-state index contributed by atoms with van der Waals surface area (Å²) in [5.41, 5.74) is 2.35. The van der Waals surface area contributed by atoms with Gasteiger partial charge in [-0.3, -0.25) is 0 Å². The molecule has 0 atom stereocenters. The molecule has 2 nitrogen and oxygen atoms in total. The highest BCUT2D eigenvalue weighted by Gasteiger charge is 1.98. The Morgan fingerprint density at radius 2 is 1.85 bits per heavy atom. The van der Waals surface area contributed by atoms with Crippen molar-refractivity contribution in [1.29, 1.82) is 0 Å². The summed E-state index contributed by atoms with van der Waals surface area (Å²) in [6.45, 7) is 0.870. The molecule has 0 spiro atoms. The Morgan fingerprint density at radius 3 is 2.60 bits per heavy atom. The number of aryl methyl sites for hydroxylation is 1. The highest BCUT2D eigenvalue weighted by molar-refractivity contribution is 9.10. The molecule has 0 heterocycles. The second-order valence-electron chi connectivity index (χ2n) is 4.48. The third kappa shape index (κ3) is 5.31. The summed E-state index contributed by atoms with van der Waals surface area (Å²) in [5.74, 6) is 0. The Bertz CT molecular complexity index is 557. The summed E-state index contributed by atoms with van der Waals surface area (Å²) in [7, 11) is 0. The molecule has 104 valence electrons. The van der Waals surface area contributed by atoms with Crippen molar-refractivity contribution in [3.63, 3.8) is 0 Å². The monoisotopic (exact) mass is 348 g/mol. The fourth-order valence-corrected chi connectivity index (χ4v) is 2.50. The molecule has 0 saturated carbocycles. The first-order valence-corrected chi connectivity index (χ1v) is 7.78. The van der Waals surface area contributed by atoms with Gasteiger partial charge in [0.25, 0.3) is 0 Å². The van der Waals surface area contributed by atoms with E-state index in [-0.39, 0.29) is 0 Å². The maximum atomic E-state index is 5.27. The molecular formula is C16H17BrN2S. The van der Waals surface area contributed by atoms with Crippen LogP contribution in [-0.2, 0) is 6.42 Å². The predicted octanol–water partition coefficient (Wildman–Crippen LogP) is 4.37. The Labute approximate surface area is 133 Å². The van der Waals surface area contributed by atoms with Gasteiger partial charge in [0.05, 0.1) is 0 Å². The van der Waals surface area contributed by atoms with Crippen LogP contribution in [0.2, 0.25) is 0 Å². The van der Waals surface area contributed by atoms with Crippen LogP contribution in [0.5, 0.6) is 0 Å². The number of hydrogen-bond donors (Lipinski definition) is 2. The zero-order valence-corrected chi connectivity index (χ0v) is 13.5. The van der Waals surface area contributed by atoms with E-state index in [1.807, 2.05) is 30.3 Å². The molecule has 0 radical (unpaired) electrons. The molecule has 20 heavy (non-hydrogen) atoms. The van der Waals surface area contributed by atoms with Crippen LogP contribution < -0.4 is 10.6 Å². The van der Waals surface area contributed by atoms with E-state index in [4.69, 9.17) is 12.2 Å². The first-order valence-electron chi connectivity index (χ1n) is 6.58. The average molecular weight is 349 g/mol. The number of rotatable bonds is 5. The summed E-state index contributed by atoms with van der Waals surface area (Å²) in [6.07, 6.45) is 2.12. The van der Waals surface area contributed by atoms with Crippen molar-refractivity contribution >= 4 is 38.9 Å². The molecule has 4 heteroatoms. The lowest BCUT2D eigenvalue weighted by molar-refractivity contribution is 0.777. The molecule has 2 rings (SSSR count). The minimum atomic E-state index is 0.663. The summed E-state index contributed by atoms with van der Waals surface area (Å²) < 4.78 is 1.04. The lowest BCUT2D eigenvalue weighted by Gasteiger charge is -2.10. The van der Waals surface area contributed by atoms with Gasteiger partial charge in [0, 0.05) is 16.7 Å². The van der Waals surface area contributed by atoms with Crippen molar-refractivity contribution < 1.29 is 0 Å². The summed E-state index contributed by atoms with van der Waals surface area (Å²) >= 11 is 8.71. The number of nitrogens with one attached hydrogen (secondary N) is 2. The second kappa shape index (κ2) is 8.02. The van der Waals surface area contributed by atoms with E-state index >= 15 is 0 Å². The molecule has 2 aromatic carbocycles. The first kappa shape index (κ1) is 15.0. The van der Waals surface area contributed by atoms with Gasteiger partial charge < -0.3 is 10.6 Å². The Kier molecular flexibility index (Phi) is 6.02. The molecule has 0 unspecified atom stereocenters. The van der Waals surface area contributed by atoms with Gasteiger partial charge in [-0.2, -0.15) is 0 Å². The van der Waals surface area contributed by atoms with Gasteiger partial charge in [-0.15, -0.1) is 0 Å². The van der Waals surface area contributed by atoms with Gasteiger partial charge in [-0.25, -0.2) is 0 Å². The minimum absolute atomic E-state index is 0.663. The molecule has 2 N–H and O–H groups in total. The molecule has 0 aliphatic heterocycles. The van der Waals surface area contributed by atoms with Gasteiger partial charge in [0.15, 0.2) is 5.11 Å². The van der Waals surface area contributed by atoms with Crippen molar-refractivity contribution in [2.75, 3.05) is 11.9 Å². The van der Waals surface area contributed by atoms with Crippen LogP contribution >= 0.6 is 28.1 Å². The Hall–Kier alpha value is -1.39. The Balaban J connectivity index is 1.68. The van der Waals surface area contributed by atoms with Crippen LogP contribution in [0.15, 0.2) is 59.1 Å². The number of benzene rings is 2. The predicted molar refractivity (Wildman–Crippen MR) is 93.1 cm³/mol. The third-order valence-electron chi connectivity index (χ3n) is 2.85. The number of hydrogen-bond acceptors (Lipinski definition) is 1. The van der Waals surface area contributed by atoms with Gasteiger partial charge in [0.2, 0.25) is 0 Å². The summed E-state index contributed by atoms with van der Waals surface area (Å²) in [6, 6.07) is 18.4. The smallest absolute Gasteiger partial charge is 0.170 e. The fourth-order valence-electron chi connectivity index (χ4n) is 1.88. The van der Waals surface area contributed by atoms with Gasteiger partial charge in [0.1, 0.15) is 0 Å². The highest BCUT2D eigenvalue weighted by atomic mass is 79.9. The van der Waals surface area contributed by atoms with Gasteiger partial charge >= 0.3 is 0 Å². The topological polar surface area (TPSA) is 24.1 Å². The van der Waals surface area contributed by atoms with Gasteiger partial charge in [-0.05, 0) is 48.8 Å². The van der Waals surface area contributed by atoms with Gasteiger partial charge in [-0.1, -0.05) is 52.3 Å². The van der Waals surface area contributed by atoms with E-state index in [2.05, 4.69) is 50.8 Å². The van der Waals surface area contributed by atoms with Crippen LogP contribution in [0.1, 0.15) is 12.0 Å². The fraction of sp³-hybridized carbons (Fsp3) is 0.188. The SMILES string of the molecule is S=C(NCCCc1ccccc1)Nc1cccc(Br)c1. The van der Waals surface area contributed by atoms with Crippen LogP contribution in [0.25, 0.3) is 0 Å². The van der Waals surface area contributed by atoms with Crippen molar-refractivity contribution in [2.45, 2.75) is 12.8 Å². The highest BCUT2D eigenvalue weighted by Crippen LogP contribution is 2.15. The number of thiocarbonyl (C=S) groups is 1. The standard InChI is InChI=1S/C16H17BrN2S/c17-14-9-4-10-15(12-14)19-16(20)18-11-5-8-13-6-2-1-3-7-13/h1-4,6-7,9-10,12H,5,8,11H2,(H2,18,19,20). The van der Waals surface area contributed by atoms with E-state index in [1.54, 1.807) is 0 Å². The van der Waals surface area contributed by atoms with Crippen molar-refractivity contribution in [3.8, 4) is 0 Å². The summed E-state index contributed by atoms with van der Waals surface area (Å²) in [4.78, 5) is 0. The maximum absolute atomic E-state index is 5.27. The lowest BCUT2D eigenvalue weighted by atomic mass is 10.1. The molecule has 2 aromatic rings. The lowest BCUT2D eigenvalue weighted by Crippen LogP contribution is -2.29. The molecule has 0 bridgehead atoms. The Morgan fingerprint density at radius 1 is 1.05 bits per heavy atom. The molecule has 0 fully saturated rings. The zero-order valence-electron chi connectivity index (χ0n) is 11.1. The largest absolute Gasteiger partial charge is 0.362 e. The van der Waals surface area contributed by atoms with Crippen LogP contribution in [0.4, 0.5) is 5.69 Å². The summed E-state index contributed by atoms with van der Waals surface area (Å²) in [5, 5.41) is 7.06. The van der Waals surface area contributed by atoms with Crippen molar-refractivity contribution in [2.24, 2.45) is 0 Å². The molecule has 0 aliphatic rings. The van der Waals surface area contributed by atoms with E-state index in [9.17, 15) is 0 Å². The number of halogens is 1. The molecule has 0 saturated heterocycles. The molecule has 0 aliphatic carbocycles. The molecular weight excluding hydrogens is 332 g/mol. The number of anilines is 1. The maximum Gasteiger partial charge on any atom is 0.170 e. The van der Waals surface area contributed by atoms with Crippen LogP contribution in [-0.4, -0.2) is 11.7 Å². The van der Waals surface area contributed by atoms with E-state index in [1.165, 1.54) is 5.56 Å². The third-order valence-corrected chi connectivity index (χ3v) is 3.59. The van der Waals surface area contributed by atoms with Crippen LogP contribution in [0.3, 0.4) is 0 Å². The minimum Gasteiger partial charge on any atom is -0.362 e. The molecule has 0 amide bonds. The second-order valence-corrected chi connectivity index (χ2v) is 5.80. The first-order chi connectivity index (χ1) is 9.74.